The van der Waals surface area contributed by atoms with Crippen LogP contribution >= 0.6 is 0 Å². The fraction of sp³-hybridized carbons (Fsp3) is 0.500. The molecule has 1 aliphatic carbocycles. The first-order valence-electron chi connectivity index (χ1n) is 6.16. The van der Waals surface area contributed by atoms with Crippen LogP contribution in [-0.4, -0.2) is 11.0 Å². The lowest BCUT2D eigenvalue weighted by atomic mass is 9.86. The smallest absolute Gasteiger partial charge is 0.217 e. The number of fused-ring (bicyclic) bond motifs is 1. The standard InChI is InChI=1S/C14H19NO2/c1-9(16)12-7-6-11-4-3-5-14(13(11)8-12)15-10(2)17/h6-9,14,16H,3-5H2,1-2H3,(H,15,17). The summed E-state index contributed by atoms with van der Waals surface area (Å²) in [4.78, 5) is 11.2. The van der Waals surface area contributed by atoms with E-state index >= 15 is 0 Å². The molecule has 0 heterocycles. The van der Waals surface area contributed by atoms with Crippen molar-refractivity contribution in [2.24, 2.45) is 0 Å². The van der Waals surface area contributed by atoms with Crippen LogP contribution < -0.4 is 5.32 Å². The molecule has 0 bridgehead atoms. The molecule has 0 spiro atoms. The summed E-state index contributed by atoms with van der Waals surface area (Å²) in [6.07, 6.45) is 2.69. The van der Waals surface area contributed by atoms with Gasteiger partial charge in [0.2, 0.25) is 5.91 Å². The molecule has 2 rings (SSSR count). The van der Waals surface area contributed by atoms with Gasteiger partial charge in [-0.05, 0) is 42.9 Å². The molecule has 2 atom stereocenters. The Kier molecular flexibility index (Phi) is 3.48. The summed E-state index contributed by atoms with van der Waals surface area (Å²) < 4.78 is 0. The summed E-state index contributed by atoms with van der Waals surface area (Å²) in [5.41, 5.74) is 3.38. The molecule has 3 nitrogen and oxygen atoms in total. The Hall–Kier alpha value is -1.35. The van der Waals surface area contributed by atoms with Gasteiger partial charge in [0.1, 0.15) is 0 Å². The highest BCUT2D eigenvalue weighted by Gasteiger charge is 2.21. The predicted octanol–water partition coefficient (Wildman–Crippen LogP) is 2.25. The molecule has 0 aliphatic heterocycles. The zero-order chi connectivity index (χ0) is 12.4. The Morgan fingerprint density at radius 3 is 2.94 bits per heavy atom. The molecule has 3 heteroatoms. The maximum Gasteiger partial charge on any atom is 0.217 e. The number of nitrogens with one attached hydrogen (secondary N) is 1. The predicted molar refractivity (Wildman–Crippen MR) is 66.6 cm³/mol. The molecule has 0 aromatic heterocycles. The Bertz CT molecular complexity index is 426. The van der Waals surface area contributed by atoms with Gasteiger partial charge in [0.15, 0.2) is 0 Å². The van der Waals surface area contributed by atoms with Crippen LogP contribution in [0.15, 0.2) is 18.2 Å². The van der Waals surface area contributed by atoms with Crippen molar-refractivity contribution >= 4 is 5.91 Å². The molecule has 0 saturated carbocycles. The molecule has 2 unspecified atom stereocenters. The molecule has 17 heavy (non-hydrogen) atoms. The van der Waals surface area contributed by atoms with E-state index in [1.165, 1.54) is 11.1 Å². The first kappa shape index (κ1) is 12.1. The Morgan fingerprint density at radius 2 is 2.29 bits per heavy atom. The average Bonchev–Trinajstić information content (AvgIpc) is 2.28. The summed E-state index contributed by atoms with van der Waals surface area (Å²) in [6.45, 7) is 3.31. The number of carbonyl (C=O) groups is 1. The van der Waals surface area contributed by atoms with E-state index in [0.29, 0.717) is 0 Å². The fourth-order valence-corrected chi connectivity index (χ4v) is 2.47. The maximum atomic E-state index is 11.2. The van der Waals surface area contributed by atoms with Crippen molar-refractivity contribution in [3.05, 3.63) is 34.9 Å². The monoisotopic (exact) mass is 233 g/mol. The van der Waals surface area contributed by atoms with Crippen molar-refractivity contribution < 1.29 is 9.90 Å². The van der Waals surface area contributed by atoms with E-state index in [1.54, 1.807) is 13.8 Å². The second kappa shape index (κ2) is 4.88. The van der Waals surface area contributed by atoms with Crippen molar-refractivity contribution in [2.45, 2.75) is 45.3 Å². The van der Waals surface area contributed by atoms with Gasteiger partial charge in [-0.25, -0.2) is 0 Å². The summed E-state index contributed by atoms with van der Waals surface area (Å²) in [5.74, 6) is 0.00491. The topological polar surface area (TPSA) is 49.3 Å². The average molecular weight is 233 g/mol. The third-order valence-corrected chi connectivity index (χ3v) is 3.34. The molecule has 0 fully saturated rings. The second-order valence-electron chi connectivity index (χ2n) is 4.78. The fourth-order valence-electron chi connectivity index (χ4n) is 2.47. The number of rotatable bonds is 2. The minimum Gasteiger partial charge on any atom is -0.389 e. The van der Waals surface area contributed by atoms with Crippen molar-refractivity contribution in [3.63, 3.8) is 0 Å². The van der Waals surface area contributed by atoms with Gasteiger partial charge in [0, 0.05) is 6.92 Å². The molecule has 1 aromatic rings. The minimum atomic E-state index is -0.458. The number of aryl methyl sites for hydroxylation is 1. The molecule has 1 amide bonds. The van der Waals surface area contributed by atoms with Crippen LogP contribution in [0, 0.1) is 0 Å². The number of aliphatic hydroxyl groups is 1. The van der Waals surface area contributed by atoms with E-state index in [9.17, 15) is 9.90 Å². The molecule has 1 aliphatic rings. The van der Waals surface area contributed by atoms with E-state index in [4.69, 9.17) is 0 Å². The molecule has 0 saturated heterocycles. The van der Waals surface area contributed by atoms with Crippen LogP contribution in [0.4, 0.5) is 0 Å². The molecule has 2 N–H and O–H groups in total. The lowest BCUT2D eigenvalue weighted by Gasteiger charge is -2.27. The molecular weight excluding hydrogens is 214 g/mol. The van der Waals surface area contributed by atoms with Gasteiger partial charge in [-0.3, -0.25) is 4.79 Å². The lowest BCUT2D eigenvalue weighted by molar-refractivity contribution is -0.119. The molecule has 92 valence electrons. The third-order valence-electron chi connectivity index (χ3n) is 3.34. The van der Waals surface area contributed by atoms with Crippen molar-refractivity contribution in [1.29, 1.82) is 0 Å². The quantitative estimate of drug-likeness (QED) is 0.823. The summed E-state index contributed by atoms with van der Waals surface area (Å²) >= 11 is 0. The second-order valence-corrected chi connectivity index (χ2v) is 4.78. The first-order valence-corrected chi connectivity index (χ1v) is 6.16. The van der Waals surface area contributed by atoms with E-state index in [-0.39, 0.29) is 11.9 Å². The summed E-state index contributed by atoms with van der Waals surface area (Å²) in [6, 6.07) is 6.18. The number of amides is 1. The normalized spacial score (nSPS) is 20.5. The summed E-state index contributed by atoms with van der Waals surface area (Å²) in [5, 5.41) is 12.6. The van der Waals surface area contributed by atoms with E-state index < -0.39 is 6.10 Å². The summed E-state index contributed by atoms with van der Waals surface area (Å²) in [7, 11) is 0. The van der Waals surface area contributed by atoms with Crippen LogP contribution in [0.3, 0.4) is 0 Å². The van der Waals surface area contributed by atoms with E-state index in [1.807, 2.05) is 12.1 Å². The zero-order valence-corrected chi connectivity index (χ0v) is 10.4. The SMILES string of the molecule is CC(=O)NC1CCCc2ccc(C(C)O)cc21. The van der Waals surface area contributed by atoms with Gasteiger partial charge < -0.3 is 10.4 Å². The zero-order valence-electron chi connectivity index (χ0n) is 10.4. The Balaban J connectivity index is 2.33. The van der Waals surface area contributed by atoms with E-state index in [0.717, 1.165) is 24.8 Å². The molecule has 0 radical (unpaired) electrons. The van der Waals surface area contributed by atoms with Crippen molar-refractivity contribution in [2.75, 3.05) is 0 Å². The minimum absolute atomic E-state index is 0.00491. The highest BCUT2D eigenvalue weighted by molar-refractivity contribution is 5.73. The maximum absolute atomic E-state index is 11.2. The van der Waals surface area contributed by atoms with Gasteiger partial charge in [0.25, 0.3) is 0 Å². The highest BCUT2D eigenvalue weighted by atomic mass is 16.3. The molecular formula is C14H19NO2. The number of aliphatic hydroxyl groups excluding tert-OH is 1. The number of hydrogen-bond donors (Lipinski definition) is 2. The van der Waals surface area contributed by atoms with Crippen LogP contribution in [0.2, 0.25) is 0 Å². The van der Waals surface area contributed by atoms with Gasteiger partial charge in [0.05, 0.1) is 12.1 Å². The van der Waals surface area contributed by atoms with Crippen molar-refractivity contribution in [3.8, 4) is 0 Å². The Labute approximate surface area is 102 Å². The van der Waals surface area contributed by atoms with Gasteiger partial charge in [-0.1, -0.05) is 18.2 Å². The number of hydrogen-bond acceptors (Lipinski definition) is 2. The van der Waals surface area contributed by atoms with Crippen molar-refractivity contribution in [1.82, 2.24) is 5.32 Å². The van der Waals surface area contributed by atoms with Crippen LogP contribution in [0.1, 0.15) is 55.5 Å². The van der Waals surface area contributed by atoms with Gasteiger partial charge in [-0.2, -0.15) is 0 Å². The first-order chi connectivity index (χ1) is 8.08. The number of carbonyl (C=O) groups excluding carboxylic acids is 1. The van der Waals surface area contributed by atoms with Gasteiger partial charge in [-0.15, -0.1) is 0 Å². The lowest BCUT2D eigenvalue weighted by Crippen LogP contribution is -2.29. The molecule has 1 aromatic carbocycles. The number of benzene rings is 1. The van der Waals surface area contributed by atoms with Crippen LogP contribution in [0.5, 0.6) is 0 Å². The van der Waals surface area contributed by atoms with Gasteiger partial charge >= 0.3 is 0 Å². The third kappa shape index (κ3) is 2.67. The largest absolute Gasteiger partial charge is 0.389 e. The van der Waals surface area contributed by atoms with Crippen LogP contribution in [-0.2, 0) is 11.2 Å². The highest BCUT2D eigenvalue weighted by Crippen LogP contribution is 2.31. The Morgan fingerprint density at radius 1 is 1.53 bits per heavy atom. The van der Waals surface area contributed by atoms with E-state index in [2.05, 4.69) is 11.4 Å². The van der Waals surface area contributed by atoms with Crippen LogP contribution in [0.25, 0.3) is 0 Å².